The monoisotopic (exact) mass is 285 g/mol. The third-order valence-electron chi connectivity index (χ3n) is 4.78. The van der Waals surface area contributed by atoms with E-state index in [9.17, 15) is 0 Å². The van der Waals surface area contributed by atoms with Crippen LogP contribution in [0.5, 0.6) is 0 Å². The largest absolute Gasteiger partial charge is 0.316 e. The Hall–Kier alpha value is 0.310. The average Bonchev–Trinajstić information content (AvgIpc) is 2.36. The first-order valence-corrected chi connectivity index (χ1v) is 9.63. The van der Waals surface area contributed by atoms with Crippen LogP contribution in [0.15, 0.2) is 0 Å². The molecule has 3 unspecified atom stereocenters. The Balaban J connectivity index is 2.43. The summed E-state index contributed by atoms with van der Waals surface area (Å²) < 4.78 is 0. The summed E-state index contributed by atoms with van der Waals surface area (Å²) in [5, 5.41) is 3.70. The summed E-state index contributed by atoms with van der Waals surface area (Å²) in [5.41, 5.74) is 0. The molecule has 0 spiro atoms. The highest BCUT2D eigenvalue weighted by Gasteiger charge is 2.31. The maximum Gasteiger partial charge on any atom is -0.00177 e. The molecule has 1 nitrogen and oxygen atoms in total. The molecule has 0 aromatic carbocycles. The van der Waals surface area contributed by atoms with Gasteiger partial charge in [0.1, 0.15) is 0 Å². The van der Waals surface area contributed by atoms with Gasteiger partial charge < -0.3 is 5.32 Å². The molecule has 19 heavy (non-hydrogen) atoms. The summed E-state index contributed by atoms with van der Waals surface area (Å²) in [6.45, 7) is 11.9. The third-order valence-corrected chi connectivity index (χ3v) is 5.42. The van der Waals surface area contributed by atoms with Gasteiger partial charge in [0.15, 0.2) is 0 Å². The molecule has 0 aromatic rings. The van der Waals surface area contributed by atoms with Crippen molar-refractivity contribution in [3.63, 3.8) is 0 Å². The first kappa shape index (κ1) is 17.4. The maximum atomic E-state index is 3.70. The first-order valence-electron chi connectivity index (χ1n) is 8.24. The molecule has 0 heterocycles. The Bertz CT molecular complexity index is 225. The van der Waals surface area contributed by atoms with Crippen LogP contribution < -0.4 is 5.32 Å². The van der Waals surface area contributed by atoms with Crippen molar-refractivity contribution in [3.8, 4) is 0 Å². The number of hydrogen-bond donors (Lipinski definition) is 1. The van der Waals surface area contributed by atoms with E-state index < -0.39 is 0 Å². The second-order valence-electron chi connectivity index (χ2n) is 7.17. The molecule has 0 bridgehead atoms. The molecule has 0 aliphatic heterocycles. The lowest BCUT2D eigenvalue weighted by Crippen LogP contribution is -2.35. The fourth-order valence-corrected chi connectivity index (χ4v) is 3.96. The van der Waals surface area contributed by atoms with E-state index in [-0.39, 0.29) is 0 Å². The molecular formula is C17H35NS. The smallest absolute Gasteiger partial charge is 0.00177 e. The zero-order valence-corrected chi connectivity index (χ0v) is 14.6. The minimum absolute atomic E-state index is 0.775. The van der Waals surface area contributed by atoms with Crippen LogP contribution in [0.2, 0.25) is 0 Å². The van der Waals surface area contributed by atoms with Gasteiger partial charge in [-0.05, 0) is 80.4 Å². The van der Waals surface area contributed by atoms with E-state index in [1.807, 2.05) is 11.8 Å². The number of rotatable bonds is 8. The molecule has 114 valence electrons. The van der Waals surface area contributed by atoms with Crippen LogP contribution >= 0.6 is 11.8 Å². The molecule has 1 aliphatic rings. The topological polar surface area (TPSA) is 12.0 Å². The van der Waals surface area contributed by atoms with Crippen LogP contribution in [0.4, 0.5) is 0 Å². The summed E-state index contributed by atoms with van der Waals surface area (Å²) in [6.07, 6.45) is 8.06. The molecule has 0 radical (unpaired) electrons. The van der Waals surface area contributed by atoms with Gasteiger partial charge in [-0.3, -0.25) is 0 Å². The normalized spacial score (nSPS) is 28.3. The van der Waals surface area contributed by atoms with Gasteiger partial charge in [0.05, 0.1) is 0 Å². The molecule has 0 saturated heterocycles. The molecule has 3 atom stereocenters. The summed E-state index contributed by atoms with van der Waals surface area (Å²) in [7, 11) is 0. The Morgan fingerprint density at radius 1 is 1.11 bits per heavy atom. The SMILES string of the molecule is CSCCC1CC(C(C)C)CCC1CNCC(C)C. The standard InChI is InChI=1S/C17H35NS/c1-13(2)11-18-12-17-7-6-15(14(3)4)10-16(17)8-9-19-5/h13-18H,6-12H2,1-5H3. The van der Waals surface area contributed by atoms with Crippen molar-refractivity contribution in [2.24, 2.45) is 29.6 Å². The van der Waals surface area contributed by atoms with Gasteiger partial charge in [-0.25, -0.2) is 0 Å². The fourth-order valence-electron chi connectivity index (χ4n) is 3.42. The summed E-state index contributed by atoms with van der Waals surface area (Å²) in [5.74, 6) is 5.87. The Morgan fingerprint density at radius 2 is 1.84 bits per heavy atom. The molecule has 0 aromatic heterocycles. The van der Waals surface area contributed by atoms with E-state index in [1.54, 1.807) is 0 Å². The summed E-state index contributed by atoms with van der Waals surface area (Å²) in [6, 6.07) is 0. The Morgan fingerprint density at radius 3 is 2.42 bits per heavy atom. The highest BCUT2D eigenvalue weighted by atomic mass is 32.2. The van der Waals surface area contributed by atoms with Crippen molar-refractivity contribution < 1.29 is 0 Å². The Labute approximate surface area is 125 Å². The van der Waals surface area contributed by atoms with Crippen molar-refractivity contribution in [2.45, 2.75) is 53.4 Å². The van der Waals surface area contributed by atoms with E-state index in [1.165, 1.54) is 44.5 Å². The van der Waals surface area contributed by atoms with Gasteiger partial charge >= 0.3 is 0 Å². The Kier molecular flexibility index (Phi) is 8.48. The number of thioether (sulfide) groups is 1. The van der Waals surface area contributed by atoms with Crippen molar-refractivity contribution in [2.75, 3.05) is 25.1 Å². The first-order chi connectivity index (χ1) is 9.04. The highest BCUT2D eigenvalue weighted by Crippen LogP contribution is 2.39. The lowest BCUT2D eigenvalue weighted by atomic mass is 9.69. The van der Waals surface area contributed by atoms with Crippen molar-refractivity contribution in [1.82, 2.24) is 5.32 Å². The molecule has 1 saturated carbocycles. The molecule has 1 N–H and O–H groups in total. The van der Waals surface area contributed by atoms with E-state index >= 15 is 0 Å². The van der Waals surface area contributed by atoms with Crippen molar-refractivity contribution >= 4 is 11.8 Å². The van der Waals surface area contributed by atoms with Gasteiger partial charge in [0.25, 0.3) is 0 Å². The number of hydrogen-bond acceptors (Lipinski definition) is 2. The average molecular weight is 286 g/mol. The van der Waals surface area contributed by atoms with Gasteiger partial charge in [0, 0.05) is 0 Å². The van der Waals surface area contributed by atoms with E-state index in [2.05, 4.69) is 39.3 Å². The third kappa shape index (κ3) is 6.53. The lowest BCUT2D eigenvalue weighted by Gasteiger charge is -2.38. The molecular weight excluding hydrogens is 250 g/mol. The van der Waals surface area contributed by atoms with E-state index in [4.69, 9.17) is 0 Å². The number of nitrogens with one attached hydrogen (secondary N) is 1. The van der Waals surface area contributed by atoms with Gasteiger partial charge in [0.2, 0.25) is 0 Å². The zero-order chi connectivity index (χ0) is 14.3. The van der Waals surface area contributed by atoms with E-state index in [0.29, 0.717) is 0 Å². The van der Waals surface area contributed by atoms with E-state index in [0.717, 1.165) is 29.6 Å². The van der Waals surface area contributed by atoms with Crippen molar-refractivity contribution in [3.05, 3.63) is 0 Å². The molecule has 0 amide bonds. The van der Waals surface area contributed by atoms with Crippen LogP contribution in [0.25, 0.3) is 0 Å². The molecule has 2 heteroatoms. The predicted octanol–water partition coefficient (Wildman–Crippen LogP) is 4.67. The quantitative estimate of drug-likeness (QED) is 0.695. The molecule has 1 rings (SSSR count). The molecule has 1 aliphatic carbocycles. The minimum Gasteiger partial charge on any atom is -0.316 e. The van der Waals surface area contributed by atoms with Gasteiger partial charge in [-0.1, -0.05) is 27.7 Å². The molecule has 1 fully saturated rings. The lowest BCUT2D eigenvalue weighted by molar-refractivity contribution is 0.142. The van der Waals surface area contributed by atoms with Crippen molar-refractivity contribution in [1.29, 1.82) is 0 Å². The predicted molar refractivity (Wildman–Crippen MR) is 89.9 cm³/mol. The highest BCUT2D eigenvalue weighted by molar-refractivity contribution is 7.98. The fraction of sp³-hybridized carbons (Fsp3) is 1.00. The summed E-state index contributed by atoms with van der Waals surface area (Å²) in [4.78, 5) is 0. The van der Waals surface area contributed by atoms with Crippen LogP contribution in [0.3, 0.4) is 0 Å². The maximum absolute atomic E-state index is 3.70. The second kappa shape index (κ2) is 9.28. The van der Waals surface area contributed by atoms with Crippen LogP contribution in [0, 0.1) is 29.6 Å². The minimum atomic E-state index is 0.775. The van der Waals surface area contributed by atoms with Crippen LogP contribution in [-0.2, 0) is 0 Å². The van der Waals surface area contributed by atoms with Gasteiger partial charge in [-0.15, -0.1) is 0 Å². The summed E-state index contributed by atoms with van der Waals surface area (Å²) >= 11 is 2.02. The second-order valence-corrected chi connectivity index (χ2v) is 8.16. The van der Waals surface area contributed by atoms with Crippen LogP contribution in [0.1, 0.15) is 53.4 Å². The van der Waals surface area contributed by atoms with Crippen LogP contribution in [-0.4, -0.2) is 25.1 Å². The zero-order valence-electron chi connectivity index (χ0n) is 13.7. The van der Waals surface area contributed by atoms with Gasteiger partial charge in [-0.2, -0.15) is 11.8 Å².